The lowest BCUT2D eigenvalue weighted by atomic mass is 10.1. The van der Waals surface area contributed by atoms with Crippen molar-refractivity contribution in [1.82, 2.24) is 24.9 Å². The molecule has 3 aromatic rings. The van der Waals surface area contributed by atoms with Crippen LogP contribution in [0.2, 0.25) is 0 Å². The highest BCUT2D eigenvalue weighted by atomic mass is 16.2. The zero-order chi connectivity index (χ0) is 19.3. The molecule has 0 bridgehead atoms. The van der Waals surface area contributed by atoms with Gasteiger partial charge in [0.1, 0.15) is 0 Å². The Hall–Kier alpha value is -3.48. The summed E-state index contributed by atoms with van der Waals surface area (Å²) in [6.07, 6.45) is 7.10. The molecule has 0 N–H and O–H groups in total. The summed E-state index contributed by atoms with van der Waals surface area (Å²) in [5.41, 5.74) is 2.23. The topological polar surface area (TPSA) is 67.2 Å². The van der Waals surface area contributed by atoms with Crippen molar-refractivity contribution in [2.45, 2.75) is 6.92 Å². The van der Waals surface area contributed by atoms with Gasteiger partial charge >= 0.3 is 0 Å². The first-order valence-corrected chi connectivity index (χ1v) is 9.32. The largest absolute Gasteiger partial charge is 0.352 e. The molecule has 142 valence electrons. The molecule has 7 nitrogen and oxygen atoms in total. The van der Waals surface area contributed by atoms with Crippen molar-refractivity contribution in [2.75, 3.05) is 31.1 Å². The molecule has 1 amide bonds. The van der Waals surface area contributed by atoms with Crippen molar-refractivity contribution in [3.63, 3.8) is 0 Å². The molecule has 1 aromatic carbocycles. The van der Waals surface area contributed by atoms with Gasteiger partial charge in [-0.25, -0.2) is 4.68 Å². The molecule has 0 aliphatic carbocycles. The second-order valence-electron chi connectivity index (χ2n) is 6.70. The number of aryl methyl sites for hydroxylation is 1. The Morgan fingerprint density at radius 1 is 0.964 bits per heavy atom. The number of carbonyl (C=O) groups is 1. The predicted octanol–water partition coefficient (Wildman–Crippen LogP) is 2.33. The van der Waals surface area contributed by atoms with E-state index in [1.165, 1.54) is 0 Å². The van der Waals surface area contributed by atoms with Crippen molar-refractivity contribution >= 4 is 17.8 Å². The Bertz CT molecular complexity index is 957. The summed E-state index contributed by atoms with van der Waals surface area (Å²) >= 11 is 0. The second kappa shape index (κ2) is 8.04. The highest BCUT2D eigenvalue weighted by Gasteiger charge is 2.20. The minimum atomic E-state index is 0.0445. The number of rotatable bonds is 4. The van der Waals surface area contributed by atoms with Crippen LogP contribution >= 0.6 is 0 Å². The number of amides is 1. The Morgan fingerprint density at radius 3 is 2.39 bits per heavy atom. The quantitative estimate of drug-likeness (QED) is 0.656. The maximum Gasteiger partial charge on any atom is 0.246 e. The van der Waals surface area contributed by atoms with E-state index in [4.69, 9.17) is 0 Å². The molecule has 28 heavy (non-hydrogen) atoms. The van der Waals surface area contributed by atoms with Crippen LogP contribution in [0.3, 0.4) is 0 Å². The predicted molar refractivity (Wildman–Crippen MR) is 108 cm³/mol. The van der Waals surface area contributed by atoms with Gasteiger partial charge in [0.2, 0.25) is 5.91 Å². The highest BCUT2D eigenvalue weighted by molar-refractivity contribution is 5.92. The zero-order valence-corrected chi connectivity index (χ0v) is 15.8. The number of carbonyl (C=O) groups excluding carboxylic acids is 1. The van der Waals surface area contributed by atoms with Crippen LogP contribution in [0.4, 0.5) is 5.82 Å². The fourth-order valence-corrected chi connectivity index (χ4v) is 3.21. The van der Waals surface area contributed by atoms with Crippen molar-refractivity contribution in [3.8, 4) is 5.82 Å². The van der Waals surface area contributed by atoms with E-state index < -0.39 is 0 Å². The average molecular weight is 374 g/mol. The summed E-state index contributed by atoms with van der Waals surface area (Å²) in [6, 6.07) is 13.7. The van der Waals surface area contributed by atoms with Crippen LogP contribution in [-0.2, 0) is 4.79 Å². The first-order chi connectivity index (χ1) is 13.7. The van der Waals surface area contributed by atoms with E-state index >= 15 is 0 Å². The lowest BCUT2D eigenvalue weighted by molar-refractivity contribution is -0.126. The van der Waals surface area contributed by atoms with Gasteiger partial charge < -0.3 is 9.80 Å². The van der Waals surface area contributed by atoms with Gasteiger partial charge in [0.15, 0.2) is 11.6 Å². The van der Waals surface area contributed by atoms with Crippen LogP contribution in [0.5, 0.6) is 0 Å². The molecular weight excluding hydrogens is 352 g/mol. The molecule has 0 saturated carbocycles. The van der Waals surface area contributed by atoms with Crippen molar-refractivity contribution < 1.29 is 4.79 Å². The van der Waals surface area contributed by atoms with Crippen molar-refractivity contribution in [3.05, 3.63) is 72.1 Å². The maximum absolute atomic E-state index is 12.5. The Labute approximate surface area is 163 Å². The summed E-state index contributed by atoms with van der Waals surface area (Å²) in [5.74, 6) is 1.55. The van der Waals surface area contributed by atoms with Crippen LogP contribution in [0.1, 0.15) is 11.1 Å². The zero-order valence-electron chi connectivity index (χ0n) is 15.8. The number of nitrogens with zero attached hydrogens (tertiary/aromatic N) is 6. The molecule has 1 aliphatic rings. The van der Waals surface area contributed by atoms with Crippen LogP contribution < -0.4 is 4.90 Å². The first kappa shape index (κ1) is 17.9. The van der Waals surface area contributed by atoms with Gasteiger partial charge in [-0.2, -0.15) is 5.10 Å². The lowest BCUT2D eigenvalue weighted by Gasteiger charge is -2.34. The molecule has 1 saturated heterocycles. The first-order valence-electron chi connectivity index (χ1n) is 9.32. The molecule has 2 aromatic heterocycles. The van der Waals surface area contributed by atoms with E-state index in [1.807, 2.05) is 66.6 Å². The lowest BCUT2D eigenvalue weighted by Crippen LogP contribution is -2.48. The highest BCUT2D eigenvalue weighted by Crippen LogP contribution is 2.15. The number of anilines is 1. The molecular formula is C21H22N6O. The standard InChI is InChI=1S/C21H22N6O/c1-17-5-2-3-6-18(17)7-10-21(28)26-15-13-25(14-16-26)19-8-9-20(24-23-19)27-12-4-11-22-27/h2-12H,13-16H2,1H3/b10-7+. The third-order valence-corrected chi connectivity index (χ3v) is 4.88. The number of hydrogen-bond acceptors (Lipinski definition) is 5. The molecule has 7 heteroatoms. The van der Waals surface area contributed by atoms with Gasteiger partial charge in [-0.1, -0.05) is 24.3 Å². The Balaban J connectivity index is 1.34. The molecule has 0 spiro atoms. The Morgan fingerprint density at radius 2 is 1.71 bits per heavy atom. The van der Waals surface area contributed by atoms with Gasteiger partial charge in [0.25, 0.3) is 0 Å². The summed E-state index contributed by atoms with van der Waals surface area (Å²) < 4.78 is 1.67. The molecule has 0 radical (unpaired) electrons. The summed E-state index contributed by atoms with van der Waals surface area (Å²) in [5, 5.41) is 12.7. The van der Waals surface area contributed by atoms with E-state index in [9.17, 15) is 4.79 Å². The Kier molecular flexibility index (Phi) is 5.14. The van der Waals surface area contributed by atoms with E-state index in [2.05, 4.69) is 20.2 Å². The normalized spacial score (nSPS) is 14.6. The van der Waals surface area contributed by atoms with Gasteiger partial charge in [-0.05, 0) is 42.3 Å². The molecule has 4 rings (SSSR count). The van der Waals surface area contributed by atoms with E-state index in [1.54, 1.807) is 17.0 Å². The third kappa shape index (κ3) is 3.93. The van der Waals surface area contributed by atoms with Gasteiger partial charge in [-0.15, -0.1) is 10.2 Å². The third-order valence-electron chi connectivity index (χ3n) is 4.88. The molecule has 0 unspecified atom stereocenters. The number of hydrogen-bond donors (Lipinski definition) is 0. The minimum absolute atomic E-state index is 0.0445. The van der Waals surface area contributed by atoms with Gasteiger partial charge in [0, 0.05) is 44.6 Å². The van der Waals surface area contributed by atoms with E-state index in [-0.39, 0.29) is 5.91 Å². The number of piperazine rings is 1. The summed E-state index contributed by atoms with van der Waals surface area (Å²) in [4.78, 5) is 16.5. The number of aromatic nitrogens is 4. The fourth-order valence-electron chi connectivity index (χ4n) is 3.21. The molecule has 1 fully saturated rings. The number of benzene rings is 1. The van der Waals surface area contributed by atoms with Gasteiger partial charge in [0.05, 0.1) is 0 Å². The molecule has 0 atom stereocenters. The fraction of sp³-hybridized carbons (Fsp3) is 0.238. The van der Waals surface area contributed by atoms with E-state index in [0.29, 0.717) is 18.9 Å². The van der Waals surface area contributed by atoms with Crippen LogP contribution in [0.25, 0.3) is 11.9 Å². The summed E-state index contributed by atoms with van der Waals surface area (Å²) in [7, 11) is 0. The van der Waals surface area contributed by atoms with Crippen molar-refractivity contribution in [1.29, 1.82) is 0 Å². The van der Waals surface area contributed by atoms with Crippen LogP contribution in [-0.4, -0.2) is 57.0 Å². The van der Waals surface area contributed by atoms with E-state index in [0.717, 1.165) is 30.0 Å². The van der Waals surface area contributed by atoms with Crippen LogP contribution in [0.15, 0.2) is 60.9 Å². The maximum atomic E-state index is 12.5. The van der Waals surface area contributed by atoms with Crippen LogP contribution in [0, 0.1) is 6.92 Å². The second-order valence-corrected chi connectivity index (χ2v) is 6.70. The van der Waals surface area contributed by atoms with Crippen molar-refractivity contribution in [2.24, 2.45) is 0 Å². The monoisotopic (exact) mass is 374 g/mol. The summed E-state index contributed by atoms with van der Waals surface area (Å²) in [6.45, 7) is 4.85. The molecule has 3 heterocycles. The smallest absolute Gasteiger partial charge is 0.246 e. The SMILES string of the molecule is Cc1ccccc1/C=C/C(=O)N1CCN(c2ccc(-n3cccn3)nn2)CC1. The minimum Gasteiger partial charge on any atom is -0.352 e. The molecule has 1 aliphatic heterocycles. The van der Waals surface area contributed by atoms with Gasteiger partial charge in [-0.3, -0.25) is 4.79 Å². The average Bonchev–Trinajstić information content (AvgIpc) is 3.28.